The number of hydrogen-bond donors (Lipinski definition) is 0. The summed E-state index contributed by atoms with van der Waals surface area (Å²) in [5, 5.41) is 0.627. The molecule has 2 nitrogen and oxygen atoms in total. The molecule has 0 N–H and O–H groups in total. The molecule has 17 heavy (non-hydrogen) atoms. The molecular formula is C14H14ClNO. The number of ether oxygens (including phenoxy) is 1. The summed E-state index contributed by atoms with van der Waals surface area (Å²) in [5.41, 5.74) is 1.33. The lowest BCUT2D eigenvalue weighted by molar-refractivity contribution is 0.299. The minimum absolute atomic E-state index is 0.627. The first-order valence-corrected chi connectivity index (χ1v) is 6.01. The van der Waals surface area contributed by atoms with E-state index in [9.17, 15) is 0 Å². The first kappa shape index (κ1) is 11.9. The second-order valence-corrected chi connectivity index (χ2v) is 4.19. The van der Waals surface area contributed by atoms with Crippen molar-refractivity contribution in [3.8, 4) is 5.88 Å². The molecule has 88 valence electrons. The Hall–Kier alpha value is -1.54. The van der Waals surface area contributed by atoms with Gasteiger partial charge >= 0.3 is 0 Å². The third-order valence-electron chi connectivity index (χ3n) is 2.40. The Morgan fingerprint density at radius 1 is 1.06 bits per heavy atom. The number of pyridine rings is 1. The largest absolute Gasteiger partial charge is 0.478 e. The van der Waals surface area contributed by atoms with Gasteiger partial charge in [0.15, 0.2) is 0 Å². The van der Waals surface area contributed by atoms with Gasteiger partial charge < -0.3 is 4.74 Å². The summed E-state index contributed by atoms with van der Waals surface area (Å²) in [4.78, 5) is 4.07. The quantitative estimate of drug-likeness (QED) is 0.751. The van der Waals surface area contributed by atoms with Crippen molar-refractivity contribution in [3.05, 3.63) is 59.2 Å². The molecule has 0 amide bonds. The summed E-state index contributed by atoms with van der Waals surface area (Å²) in [7, 11) is 0. The Bertz CT molecular complexity index is 442. The second-order valence-electron chi connectivity index (χ2n) is 3.75. The molecule has 0 unspecified atom stereocenters. The van der Waals surface area contributed by atoms with Gasteiger partial charge in [-0.1, -0.05) is 41.9 Å². The number of aryl methyl sites for hydroxylation is 1. The summed E-state index contributed by atoms with van der Waals surface area (Å²) < 4.78 is 5.51. The van der Waals surface area contributed by atoms with Gasteiger partial charge in [0.05, 0.1) is 11.6 Å². The second kappa shape index (κ2) is 6.26. The van der Waals surface area contributed by atoms with E-state index in [4.69, 9.17) is 16.3 Å². The highest BCUT2D eigenvalue weighted by Crippen LogP contribution is 2.12. The van der Waals surface area contributed by atoms with E-state index in [1.807, 2.05) is 6.07 Å². The van der Waals surface area contributed by atoms with Crippen LogP contribution in [0.15, 0.2) is 48.7 Å². The third-order valence-corrected chi connectivity index (χ3v) is 2.63. The van der Waals surface area contributed by atoms with Crippen LogP contribution >= 0.6 is 11.6 Å². The van der Waals surface area contributed by atoms with Gasteiger partial charge in [-0.05, 0) is 24.5 Å². The fourth-order valence-electron chi connectivity index (χ4n) is 1.55. The van der Waals surface area contributed by atoms with Crippen LogP contribution in [0.5, 0.6) is 5.88 Å². The Labute approximate surface area is 106 Å². The van der Waals surface area contributed by atoms with Crippen LogP contribution in [0.2, 0.25) is 5.02 Å². The van der Waals surface area contributed by atoms with Crippen molar-refractivity contribution in [2.75, 3.05) is 6.61 Å². The normalized spacial score (nSPS) is 10.2. The Morgan fingerprint density at radius 3 is 2.59 bits per heavy atom. The molecule has 0 saturated heterocycles. The number of benzene rings is 1. The Morgan fingerprint density at radius 2 is 1.88 bits per heavy atom. The smallest absolute Gasteiger partial charge is 0.213 e. The molecule has 2 rings (SSSR count). The van der Waals surface area contributed by atoms with E-state index < -0.39 is 0 Å². The van der Waals surface area contributed by atoms with Crippen LogP contribution in [0.4, 0.5) is 0 Å². The lowest BCUT2D eigenvalue weighted by atomic mass is 10.1. The molecule has 0 spiro atoms. The summed E-state index contributed by atoms with van der Waals surface area (Å²) in [6.45, 7) is 0.670. The molecule has 1 heterocycles. The highest BCUT2D eigenvalue weighted by Gasteiger charge is 1.96. The van der Waals surface area contributed by atoms with Crippen LogP contribution in [-0.2, 0) is 6.42 Å². The number of hydrogen-bond acceptors (Lipinski definition) is 2. The average molecular weight is 248 g/mol. The van der Waals surface area contributed by atoms with Gasteiger partial charge in [-0.15, -0.1) is 0 Å². The van der Waals surface area contributed by atoms with Crippen molar-refractivity contribution < 1.29 is 4.74 Å². The molecule has 0 fully saturated rings. The van der Waals surface area contributed by atoms with Crippen LogP contribution < -0.4 is 4.74 Å². The standard InChI is InChI=1S/C14H14ClNO/c15-13-8-9-14(16-11-13)17-10-4-7-12-5-2-1-3-6-12/h1-3,5-6,8-9,11H,4,7,10H2. The van der Waals surface area contributed by atoms with Crippen molar-refractivity contribution >= 4 is 11.6 Å². The highest BCUT2D eigenvalue weighted by atomic mass is 35.5. The van der Waals surface area contributed by atoms with E-state index in [0.717, 1.165) is 12.8 Å². The van der Waals surface area contributed by atoms with Gasteiger partial charge in [-0.2, -0.15) is 0 Å². The minimum Gasteiger partial charge on any atom is -0.478 e. The van der Waals surface area contributed by atoms with Gasteiger partial charge in [0.2, 0.25) is 5.88 Å². The molecule has 0 aliphatic heterocycles. The van der Waals surface area contributed by atoms with Crippen LogP contribution in [-0.4, -0.2) is 11.6 Å². The zero-order chi connectivity index (χ0) is 11.9. The molecule has 0 atom stereocenters. The predicted molar refractivity (Wildman–Crippen MR) is 69.5 cm³/mol. The van der Waals surface area contributed by atoms with Crippen LogP contribution in [0.3, 0.4) is 0 Å². The van der Waals surface area contributed by atoms with Gasteiger partial charge in [0.25, 0.3) is 0 Å². The van der Waals surface area contributed by atoms with Gasteiger partial charge in [0.1, 0.15) is 0 Å². The summed E-state index contributed by atoms with van der Waals surface area (Å²) in [6, 6.07) is 13.9. The molecule has 0 saturated carbocycles. The van der Waals surface area contributed by atoms with E-state index in [1.54, 1.807) is 18.3 Å². The van der Waals surface area contributed by atoms with E-state index in [1.165, 1.54) is 5.56 Å². The lowest BCUT2D eigenvalue weighted by Gasteiger charge is -2.05. The summed E-state index contributed by atoms with van der Waals surface area (Å²) in [5.74, 6) is 0.627. The van der Waals surface area contributed by atoms with Crippen LogP contribution in [0, 0.1) is 0 Å². The molecular weight excluding hydrogens is 234 g/mol. The highest BCUT2D eigenvalue weighted by molar-refractivity contribution is 6.30. The van der Waals surface area contributed by atoms with Gasteiger partial charge in [-0.3, -0.25) is 0 Å². The topological polar surface area (TPSA) is 22.1 Å². The molecule has 0 aliphatic carbocycles. The predicted octanol–water partition coefficient (Wildman–Crippen LogP) is 3.75. The SMILES string of the molecule is Clc1ccc(OCCCc2ccccc2)nc1. The molecule has 1 aromatic heterocycles. The maximum Gasteiger partial charge on any atom is 0.213 e. The third kappa shape index (κ3) is 4.08. The van der Waals surface area contributed by atoms with E-state index in [-0.39, 0.29) is 0 Å². The Kier molecular flexibility index (Phi) is 4.39. The first-order valence-electron chi connectivity index (χ1n) is 5.63. The number of halogens is 1. The van der Waals surface area contributed by atoms with E-state index in [0.29, 0.717) is 17.5 Å². The maximum atomic E-state index is 5.73. The van der Waals surface area contributed by atoms with Crippen molar-refractivity contribution in [1.29, 1.82) is 0 Å². The molecule has 1 aromatic carbocycles. The minimum atomic E-state index is 0.627. The zero-order valence-electron chi connectivity index (χ0n) is 9.47. The zero-order valence-corrected chi connectivity index (χ0v) is 10.2. The first-order chi connectivity index (χ1) is 8.34. The van der Waals surface area contributed by atoms with Gasteiger partial charge in [0, 0.05) is 12.3 Å². The number of aromatic nitrogens is 1. The summed E-state index contributed by atoms with van der Waals surface area (Å²) in [6.07, 6.45) is 3.59. The fraction of sp³-hybridized carbons (Fsp3) is 0.214. The Balaban J connectivity index is 1.71. The number of nitrogens with zero attached hydrogens (tertiary/aromatic N) is 1. The van der Waals surface area contributed by atoms with Crippen molar-refractivity contribution in [2.45, 2.75) is 12.8 Å². The fourth-order valence-corrected chi connectivity index (χ4v) is 1.66. The molecule has 0 radical (unpaired) electrons. The average Bonchev–Trinajstić information content (AvgIpc) is 2.38. The van der Waals surface area contributed by atoms with Crippen LogP contribution in [0.25, 0.3) is 0 Å². The van der Waals surface area contributed by atoms with E-state index in [2.05, 4.69) is 29.2 Å². The number of rotatable bonds is 5. The van der Waals surface area contributed by atoms with Crippen molar-refractivity contribution in [1.82, 2.24) is 4.98 Å². The van der Waals surface area contributed by atoms with Crippen molar-refractivity contribution in [3.63, 3.8) is 0 Å². The monoisotopic (exact) mass is 247 g/mol. The molecule has 0 bridgehead atoms. The molecule has 3 heteroatoms. The summed E-state index contributed by atoms with van der Waals surface area (Å²) >= 11 is 5.73. The molecule has 0 aliphatic rings. The molecule has 2 aromatic rings. The van der Waals surface area contributed by atoms with E-state index >= 15 is 0 Å². The van der Waals surface area contributed by atoms with Gasteiger partial charge in [-0.25, -0.2) is 4.98 Å². The van der Waals surface area contributed by atoms with Crippen LogP contribution in [0.1, 0.15) is 12.0 Å². The maximum absolute atomic E-state index is 5.73. The van der Waals surface area contributed by atoms with Crippen molar-refractivity contribution in [2.24, 2.45) is 0 Å². The lowest BCUT2D eigenvalue weighted by Crippen LogP contribution is -2.00.